The van der Waals surface area contributed by atoms with Crippen molar-refractivity contribution >= 4 is 29.8 Å². The van der Waals surface area contributed by atoms with Gasteiger partial charge in [-0.2, -0.15) is 26.3 Å². The Bertz CT molecular complexity index is 1340. The number of ether oxygens (including phenoxy) is 1. The van der Waals surface area contributed by atoms with Gasteiger partial charge in [0.25, 0.3) is 0 Å². The van der Waals surface area contributed by atoms with Crippen LogP contribution in [0.2, 0.25) is 0 Å². The molecule has 216 valence electrons. The zero-order valence-corrected chi connectivity index (χ0v) is 20.5. The first-order valence-corrected chi connectivity index (χ1v) is 11.2. The average molecular weight is 578 g/mol. The first-order valence-electron chi connectivity index (χ1n) is 11.2. The fourth-order valence-electron chi connectivity index (χ4n) is 4.54. The Balaban J connectivity index is 2.26. The van der Waals surface area contributed by atoms with Crippen molar-refractivity contribution in [2.45, 2.75) is 44.3 Å². The summed E-state index contributed by atoms with van der Waals surface area (Å²) in [6, 6.07) is -0.0853. The van der Waals surface area contributed by atoms with Gasteiger partial charge in [0.2, 0.25) is 0 Å². The minimum Gasteiger partial charge on any atom is -0.478 e. The summed E-state index contributed by atoms with van der Waals surface area (Å²) in [6.45, 7) is 0.462. The van der Waals surface area contributed by atoms with Crippen LogP contribution < -0.4 is 4.90 Å². The average Bonchev–Trinajstić information content (AvgIpc) is 2.83. The molecule has 2 atom stereocenters. The number of carbonyl (C=O) groups excluding carboxylic acids is 1. The van der Waals surface area contributed by atoms with Gasteiger partial charge >= 0.3 is 36.5 Å². The predicted octanol–water partition coefficient (Wildman–Crippen LogP) is 5.71. The third-order valence-corrected chi connectivity index (χ3v) is 6.24. The van der Waals surface area contributed by atoms with Gasteiger partial charge in [0.1, 0.15) is 0 Å². The number of rotatable bonds is 5. The van der Waals surface area contributed by atoms with E-state index in [1.54, 1.807) is 0 Å². The summed E-state index contributed by atoms with van der Waals surface area (Å²) in [4.78, 5) is 49.8. The van der Waals surface area contributed by atoms with Crippen LogP contribution in [0.15, 0.2) is 30.3 Å². The van der Waals surface area contributed by atoms with E-state index in [1.807, 2.05) is 0 Å². The van der Waals surface area contributed by atoms with Gasteiger partial charge in [-0.15, -0.1) is 0 Å². The van der Waals surface area contributed by atoms with Gasteiger partial charge in [0.05, 0.1) is 41.1 Å². The first kappa shape index (κ1) is 30.0. The van der Waals surface area contributed by atoms with Crippen LogP contribution in [-0.4, -0.2) is 57.5 Å². The number of nitrogens with zero attached hydrogens (tertiary/aromatic N) is 2. The lowest BCUT2D eigenvalue weighted by molar-refractivity contribution is -0.143. The van der Waals surface area contributed by atoms with Crippen molar-refractivity contribution in [2.75, 3.05) is 12.0 Å². The zero-order chi connectivity index (χ0) is 30.3. The number of anilines is 1. The van der Waals surface area contributed by atoms with Crippen molar-refractivity contribution in [2.24, 2.45) is 0 Å². The second-order valence-corrected chi connectivity index (χ2v) is 8.83. The molecular formula is C24H20F6N2O8. The van der Waals surface area contributed by atoms with Crippen LogP contribution in [0.4, 0.5) is 41.6 Å². The summed E-state index contributed by atoms with van der Waals surface area (Å²) in [5.74, 6) is -3.44. The first-order chi connectivity index (χ1) is 18.4. The van der Waals surface area contributed by atoms with Crippen molar-refractivity contribution < 1.29 is 65.6 Å². The number of amides is 2. The van der Waals surface area contributed by atoms with E-state index in [2.05, 4.69) is 0 Å². The normalized spacial score (nSPS) is 17.1. The predicted molar refractivity (Wildman–Crippen MR) is 122 cm³/mol. The summed E-state index contributed by atoms with van der Waals surface area (Å²) in [5.41, 5.74) is -6.04. The third kappa shape index (κ3) is 5.89. The Morgan fingerprint density at radius 2 is 1.40 bits per heavy atom. The number of carboxylic acids is 2. The number of halogens is 6. The molecule has 2 amide bonds. The molecular weight excluding hydrogens is 558 g/mol. The minimum atomic E-state index is -5.18. The number of methoxy groups -OCH3 is 1. The molecule has 0 spiro atoms. The van der Waals surface area contributed by atoms with Crippen molar-refractivity contribution in [3.63, 3.8) is 0 Å². The minimum absolute atomic E-state index is 0.0960. The van der Waals surface area contributed by atoms with Crippen LogP contribution in [0.25, 0.3) is 0 Å². The molecule has 10 nitrogen and oxygen atoms in total. The van der Waals surface area contributed by atoms with Gasteiger partial charge in [0.15, 0.2) is 0 Å². The van der Waals surface area contributed by atoms with Crippen LogP contribution in [0.3, 0.4) is 0 Å². The highest BCUT2D eigenvalue weighted by Gasteiger charge is 2.41. The maximum Gasteiger partial charge on any atom is 0.416 e. The third-order valence-electron chi connectivity index (χ3n) is 6.24. The van der Waals surface area contributed by atoms with Crippen LogP contribution >= 0.6 is 0 Å². The van der Waals surface area contributed by atoms with Gasteiger partial charge in [-0.25, -0.2) is 19.2 Å². The standard InChI is InChI=1S/C24H20F6N2O8/c1-10-3-17(16-7-14(19(33)34)15(20(35)36)8-18(16)32(10)21(37)38)31(22(39)40-2)9-11-4-12(23(25,26)27)6-13(5-11)24(28,29)30/h4-8,10,17H,3,9H2,1-2H3,(H,33,34)(H,35,36)(H,37,38)/t10-,17+/m1/s1. The van der Waals surface area contributed by atoms with E-state index in [0.717, 1.165) is 24.1 Å². The number of carboxylic acid groups (broad SMARTS) is 3. The highest BCUT2D eigenvalue weighted by molar-refractivity contribution is 6.04. The second-order valence-electron chi connectivity index (χ2n) is 8.83. The number of benzene rings is 2. The molecule has 1 heterocycles. The Labute approximate surface area is 221 Å². The second kappa shape index (κ2) is 10.6. The molecule has 1 aliphatic heterocycles. The number of aromatic carboxylic acids is 2. The molecule has 0 bridgehead atoms. The monoisotopic (exact) mass is 578 g/mol. The Kier molecular flexibility index (Phi) is 7.95. The number of alkyl halides is 6. The number of carbonyl (C=O) groups is 4. The van der Waals surface area contributed by atoms with E-state index >= 15 is 0 Å². The van der Waals surface area contributed by atoms with Crippen LogP contribution in [0, 0.1) is 0 Å². The molecule has 2 aromatic carbocycles. The number of fused-ring (bicyclic) bond motifs is 1. The molecule has 0 saturated carbocycles. The van der Waals surface area contributed by atoms with Crippen LogP contribution in [0.1, 0.15) is 62.4 Å². The molecule has 1 aliphatic rings. The summed E-state index contributed by atoms with van der Waals surface area (Å²) >= 11 is 0. The topological polar surface area (TPSA) is 145 Å². The summed E-state index contributed by atoms with van der Waals surface area (Å²) < 4.78 is 85.1. The van der Waals surface area contributed by atoms with E-state index in [-0.39, 0.29) is 23.7 Å². The fourth-order valence-corrected chi connectivity index (χ4v) is 4.54. The lowest BCUT2D eigenvalue weighted by Crippen LogP contribution is -2.47. The quantitative estimate of drug-likeness (QED) is 0.383. The van der Waals surface area contributed by atoms with Crippen molar-refractivity contribution in [3.8, 4) is 0 Å². The highest BCUT2D eigenvalue weighted by Crippen LogP contribution is 2.44. The lowest BCUT2D eigenvalue weighted by atomic mass is 9.87. The zero-order valence-electron chi connectivity index (χ0n) is 20.5. The molecule has 0 fully saturated rings. The van der Waals surface area contributed by atoms with Gasteiger partial charge in [-0.3, -0.25) is 9.80 Å². The van der Waals surface area contributed by atoms with Crippen molar-refractivity contribution in [1.29, 1.82) is 0 Å². The lowest BCUT2D eigenvalue weighted by Gasteiger charge is -2.42. The molecule has 2 aromatic rings. The SMILES string of the molecule is COC(=O)N(Cc1cc(C(F)(F)F)cc(C(F)(F)F)c1)[C@H]1C[C@@H](C)N(C(=O)O)c2cc(C(=O)O)c(C(=O)O)cc21. The van der Waals surface area contributed by atoms with E-state index in [1.165, 1.54) is 6.92 Å². The van der Waals surface area contributed by atoms with Gasteiger partial charge in [0, 0.05) is 12.6 Å². The summed E-state index contributed by atoms with van der Waals surface area (Å²) in [5, 5.41) is 28.8. The van der Waals surface area contributed by atoms with E-state index < -0.39 is 82.9 Å². The van der Waals surface area contributed by atoms with E-state index in [9.17, 15) is 60.8 Å². The molecule has 3 rings (SSSR count). The molecule has 16 heteroatoms. The fraction of sp³-hybridized carbons (Fsp3) is 0.333. The Morgan fingerprint density at radius 3 is 1.82 bits per heavy atom. The van der Waals surface area contributed by atoms with Gasteiger partial charge in [-0.05, 0) is 54.8 Å². The molecule has 0 radical (unpaired) electrons. The van der Waals surface area contributed by atoms with Crippen LogP contribution in [-0.2, 0) is 23.6 Å². The molecule has 0 aromatic heterocycles. The van der Waals surface area contributed by atoms with Gasteiger partial charge < -0.3 is 20.1 Å². The smallest absolute Gasteiger partial charge is 0.416 e. The Morgan fingerprint density at radius 1 is 0.900 bits per heavy atom. The maximum absolute atomic E-state index is 13.4. The molecule has 0 aliphatic carbocycles. The number of hydrogen-bond acceptors (Lipinski definition) is 5. The van der Waals surface area contributed by atoms with Crippen LogP contribution in [0.5, 0.6) is 0 Å². The highest BCUT2D eigenvalue weighted by atomic mass is 19.4. The maximum atomic E-state index is 13.4. The summed E-state index contributed by atoms with van der Waals surface area (Å²) in [7, 11) is 0.884. The molecule has 0 unspecified atom stereocenters. The molecule has 3 N–H and O–H groups in total. The van der Waals surface area contributed by atoms with Gasteiger partial charge in [-0.1, -0.05) is 0 Å². The Hall–Kier alpha value is -4.50. The largest absolute Gasteiger partial charge is 0.478 e. The molecule has 40 heavy (non-hydrogen) atoms. The van der Waals surface area contributed by atoms with Crippen molar-refractivity contribution in [3.05, 3.63) is 63.7 Å². The van der Waals surface area contributed by atoms with Crippen molar-refractivity contribution in [1.82, 2.24) is 4.90 Å². The van der Waals surface area contributed by atoms with E-state index in [4.69, 9.17) is 4.74 Å². The number of hydrogen-bond donors (Lipinski definition) is 3. The van der Waals surface area contributed by atoms with E-state index in [0.29, 0.717) is 17.0 Å². The molecule has 0 saturated heterocycles. The summed E-state index contributed by atoms with van der Waals surface area (Å²) in [6.07, 6.45) is -13.5.